The molecule has 28 heavy (non-hydrogen) atoms. The predicted molar refractivity (Wildman–Crippen MR) is 114 cm³/mol. The molecule has 2 aromatic carbocycles. The molecule has 1 amide bonds. The number of para-hydroxylation sites is 3. The summed E-state index contributed by atoms with van der Waals surface area (Å²) in [5.74, 6) is 0.452. The number of imidazole rings is 1. The third-order valence-electron chi connectivity index (χ3n) is 5.42. The zero-order valence-corrected chi connectivity index (χ0v) is 16.4. The molecule has 0 spiro atoms. The van der Waals surface area contributed by atoms with Crippen molar-refractivity contribution in [2.24, 2.45) is 0 Å². The molecule has 0 atom stereocenters. The number of aromatic nitrogens is 3. The monoisotopic (exact) mass is 390 g/mol. The van der Waals surface area contributed by atoms with E-state index in [0.29, 0.717) is 11.8 Å². The van der Waals surface area contributed by atoms with Crippen LogP contribution in [0.25, 0.3) is 27.6 Å². The molecular weight excluding hydrogens is 368 g/mol. The number of rotatable bonds is 4. The average Bonchev–Trinajstić information content (AvgIpc) is 3.13. The van der Waals surface area contributed by atoms with Gasteiger partial charge in [0.05, 0.1) is 22.3 Å². The summed E-state index contributed by atoms with van der Waals surface area (Å²) in [6.07, 6.45) is 5.91. The Balaban J connectivity index is 1.49. The second-order valence-electron chi connectivity index (χ2n) is 7.36. The Bertz CT molecular complexity index is 1160. The molecule has 0 unspecified atom stereocenters. The lowest BCUT2D eigenvalue weighted by Gasteiger charge is -2.22. The molecule has 4 aromatic rings. The number of hydrogen-bond donors (Lipinski definition) is 1. The SMILES string of the molecule is O=C(CSc1nc2ccccc2c2nc3ccccc3n12)NC1CCCCC1. The number of fused-ring (bicyclic) bond motifs is 5. The molecule has 5 rings (SSSR count). The minimum Gasteiger partial charge on any atom is -0.353 e. The van der Waals surface area contributed by atoms with Crippen LogP contribution in [-0.2, 0) is 4.79 Å². The van der Waals surface area contributed by atoms with Gasteiger partial charge in [-0.15, -0.1) is 0 Å². The lowest BCUT2D eigenvalue weighted by molar-refractivity contribution is -0.119. The van der Waals surface area contributed by atoms with Crippen molar-refractivity contribution < 1.29 is 4.79 Å². The van der Waals surface area contributed by atoms with Gasteiger partial charge in [0.15, 0.2) is 5.16 Å². The fraction of sp³-hybridized carbons (Fsp3) is 0.318. The van der Waals surface area contributed by atoms with Crippen LogP contribution < -0.4 is 5.32 Å². The molecule has 6 heteroatoms. The molecule has 2 aromatic heterocycles. The van der Waals surface area contributed by atoms with E-state index in [1.165, 1.54) is 31.0 Å². The third kappa shape index (κ3) is 3.22. The average molecular weight is 391 g/mol. The van der Waals surface area contributed by atoms with Gasteiger partial charge in [-0.1, -0.05) is 55.3 Å². The summed E-state index contributed by atoms with van der Waals surface area (Å²) in [7, 11) is 0. The highest BCUT2D eigenvalue weighted by Gasteiger charge is 2.18. The van der Waals surface area contributed by atoms with Crippen molar-refractivity contribution in [1.29, 1.82) is 0 Å². The van der Waals surface area contributed by atoms with Gasteiger partial charge in [0.25, 0.3) is 0 Å². The lowest BCUT2D eigenvalue weighted by atomic mass is 9.95. The van der Waals surface area contributed by atoms with Gasteiger partial charge in [0.1, 0.15) is 5.65 Å². The van der Waals surface area contributed by atoms with E-state index in [1.807, 2.05) is 42.5 Å². The molecule has 0 radical (unpaired) electrons. The van der Waals surface area contributed by atoms with Gasteiger partial charge in [-0.25, -0.2) is 9.97 Å². The summed E-state index contributed by atoms with van der Waals surface area (Å²) in [6.45, 7) is 0. The van der Waals surface area contributed by atoms with E-state index in [-0.39, 0.29) is 5.91 Å². The Morgan fingerprint density at radius 2 is 1.75 bits per heavy atom. The first kappa shape index (κ1) is 17.5. The Labute approximate surface area is 167 Å². The fourth-order valence-corrected chi connectivity index (χ4v) is 4.88. The van der Waals surface area contributed by atoms with Gasteiger partial charge in [-0.2, -0.15) is 0 Å². The maximum absolute atomic E-state index is 12.5. The van der Waals surface area contributed by atoms with Crippen molar-refractivity contribution in [3.05, 3.63) is 48.5 Å². The van der Waals surface area contributed by atoms with E-state index < -0.39 is 0 Å². The van der Waals surface area contributed by atoms with Crippen molar-refractivity contribution in [3.8, 4) is 0 Å². The molecule has 0 bridgehead atoms. The molecule has 142 valence electrons. The van der Waals surface area contributed by atoms with Gasteiger partial charge in [0.2, 0.25) is 5.91 Å². The first-order valence-electron chi connectivity index (χ1n) is 9.88. The number of carbonyl (C=O) groups is 1. The summed E-state index contributed by atoms with van der Waals surface area (Å²) in [6, 6.07) is 16.4. The minimum atomic E-state index is 0.0874. The smallest absolute Gasteiger partial charge is 0.230 e. The zero-order chi connectivity index (χ0) is 18.9. The van der Waals surface area contributed by atoms with Crippen LogP contribution in [0.3, 0.4) is 0 Å². The van der Waals surface area contributed by atoms with Crippen molar-refractivity contribution >= 4 is 45.3 Å². The maximum atomic E-state index is 12.5. The van der Waals surface area contributed by atoms with Crippen molar-refractivity contribution in [2.75, 3.05) is 5.75 Å². The second-order valence-corrected chi connectivity index (χ2v) is 8.30. The number of amides is 1. The van der Waals surface area contributed by atoms with Gasteiger partial charge in [-0.3, -0.25) is 9.20 Å². The lowest BCUT2D eigenvalue weighted by Crippen LogP contribution is -2.37. The standard InChI is InChI=1S/C22H22N4OS/c27-20(23-15-8-2-1-3-9-15)14-28-22-25-17-11-5-4-10-16(17)21-24-18-12-6-7-13-19(18)26(21)22/h4-7,10-13,15H,1-3,8-9,14H2,(H,23,27). The third-order valence-corrected chi connectivity index (χ3v) is 6.35. The minimum absolute atomic E-state index is 0.0874. The molecule has 1 saturated carbocycles. The number of nitrogens with zero attached hydrogens (tertiary/aromatic N) is 3. The number of benzene rings is 2. The molecule has 5 nitrogen and oxygen atoms in total. The zero-order valence-electron chi connectivity index (χ0n) is 15.6. The summed E-state index contributed by atoms with van der Waals surface area (Å²) in [5, 5.41) is 5.02. The summed E-state index contributed by atoms with van der Waals surface area (Å²) in [4.78, 5) is 22.2. The summed E-state index contributed by atoms with van der Waals surface area (Å²) >= 11 is 1.48. The highest BCUT2D eigenvalue weighted by molar-refractivity contribution is 7.99. The van der Waals surface area contributed by atoms with Crippen molar-refractivity contribution in [1.82, 2.24) is 19.7 Å². The number of carbonyl (C=O) groups excluding carboxylic acids is 1. The summed E-state index contributed by atoms with van der Waals surface area (Å²) < 4.78 is 2.08. The van der Waals surface area contributed by atoms with Gasteiger partial charge < -0.3 is 5.32 Å². The van der Waals surface area contributed by atoms with Gasteiger partial charge in [-0.05, 0) is 37.1 Å². The molecule has 1 fully saturated rings. The summed E-state index contributed by atoms with van der Waals surface area (Å²) in [5.41, 5.74) is 3.75. The topological polar surface area (TPSA) is 59.3 Å². The molecule has 0 aliphatic heterocycles. The van der Waals surface area contributed by atoms with Crippen LogP contribution in [0.5, 0.6) is 0 Å². The highest BCUT2D eigenvalue weighted by Crippen LogP contribution is 2.29. The van der Waals surface area contributed by atoms with E-state index in [9.17, 15) is 4.79 Å². The number of hydrogen-bond acceptors (Lipinski definition) is 4. The van der Waals surface area contributed by atoms with Gasteiger partial charge >= 0.3 is 0 Å². The van der Waals surface area contributed by atoms with Crippen LogP contribution >= 0.6 is 11.8 Å². The Kier molecular flexibility index (Phi) is 4.64. The quantitative estimate of drug-likeness (QED) is 0.409. The molecule has 1 aliphatic carbocycles. The molecule has 2 heterocycles. The van der Waals surface area contributed by atoms with Crippen LogP contribution in [0.2, 0.25) is 0 Å². The Hall–Kier alpha value is -2.60. The van der Waals surface area contributed by atoms with E-state index in [4.69, 9.17) is 9.97 Å². The number of nitrogens with one attached hydrogen (secondary N) is 1. The van der Waals surface area contributed by atoms with E-state index in [1.54, 1.807) is 0 Å². The molecule has 1 aliphatic rings. The highest BCUT2D eigenvalue weighted by atomic mass is 32.2. The molecule has 0 saturated heterocycles. The van der Waals surface area contributed by atoms with E-state index in [2.05, 4.69) is 15.8 Å². The first-order chi connectivity index (χ1) is 13.8. The molecule has 1 N–H and O–H groups in total. The van der Waals surface area contributed by atoms with Crippen LogP contribution in [0.4, 0.5) is 0 Å². The normalized spacial score (nSPS) is 15.4. The van der Waals surface area contributed by atoms with Crippen LogP contribution in [0.1, 0.15) is 32.1 Å². The Morgan fingerprint density at radius 1 is 1.00 bits per heavy atom. The van der Waals surface area contributed by atoms with Crippen molar-refractivity contribution in [2.45, 2.75) is 43.3 Å². The van der Waals surface area contributed by atoms with E-state index >= 15 is 0 Å². The van der Waals surface area contributed by atoms with Crippen LogP contribution in [0, 0.1) is 0 Å². The molecular formula is C22H22N4OS. The second kappa shape index (κ2) is 7.43. The van der Waals surface area contributed by atoms with Crippen molar-refractivity contribution in [3.63, 3.8) is 0 Å². The van der Waals surface area contributed by atoms with Crippen LogP contribution in [-0.4, -0.2) is 32.1 Å². The largest absolute Gasteiger partial charge is 0.353 e. The Morgan fingerprint density at radius 3 is 2.61 bits per heavy atom. The fourth-order valence-electron chi connectivity index (χ4n) is 4.06. The maximum Gasteiger partial charge on any atom is 0.230 e. The number of thioether (sulfide) groups is 1. The first-order valence-corrected chi connectivity index (χ1v) is 10.9. The predicted octanol–water partition coefficient (Wildman–Crippen LogP) is 4.58. The van der Waals surface area contributed by atoms with Gasteiger partial charge in [0, 0.05) is 11.4 Å². The van der Waals surface area contributed by atoms with Crippen LogP contribution in [0.15, 0.2) is 53.7 Å². The van der Waals surface area contributed by atoms with E-state index in [0.717, 1.165) is 45.6 Å².